The molecule has 1 aromatic carbocycles. The van der Waals surface area contributed by atoms with Crippen LogP contribution in [-0.4, -0.2) is 4.98 Å². The van der Waals surface area contributed by atoms with Crippen molar-refractivity contribution in [1.82, 2.24) is 4.98 Å². The molecule has 1 nitrogen and oxygen atoms in total. The van der Waals surface area contributed by atoms with Gasteiger partial charge in [-0.15, -0.1) is 0 Å². The number of aromatic nitrogens is 1. The fraction of sp³-hybridized carbons (Fsp3) is 0. The Labute approximate surface area is 86.2 Å². The van der Waals surface area contributed by atoms with Crippen molar-refractivity contribution in [2.45, 2.75) is 0 Å². The Kier molecular flexibility index (Phi) is 2.46. The van der Waals surface area contributed by atoms with E-state index in [0.717, 1.165) is 11.1 Å². The second-order valence-corrected chi connectivity index (χ2v) is 3.21. The maximum Gasteiger partial charge on any atom is 0.142 e. The van der Waals surface area contributed by atoms with Crippen molar-refractivity contribution in [2.24, 2.45) is 0 Å². The monoisotopic (exact) mass is 206 g/mol. The zero-order valence-corrected chi connectivity index (χ0v) is 7.92. The van der Waals surface area contributed by atoms with E-state index < -0.39 is 5.82 Å². The van der Waals surface area contributed by atoms with Crippen LogP contribution in [0, 0.1) is 12.0 Å². The summed E-state index contributed by atoms with van der Waals surface area (Å²) in [5, 5.41) is 0.129. The van der Waals surface area contributed by atoms with Crippen LogP contribution in [0.3, 0.4) is 0 Å². The smallest absolute Gasteiger partial charge is 0.142 e. The van der Waals surface area contributed by atoms with Gasteiger partial charge in [-0.25, -0.2) is 4.39 Å². The SMILES string of the molecule is Fc1cc(-c2cc[c]nc2)ccc1Cl. The quantitative estimate of drug-likeness (QED) is 0.698. The molecule has 0 N–H and O–H groups in total. The molecule has 0 atom stereocenters. The molecule has 0 unspecified atom stereocenters. The van der Waals surface area contributed by atoms with E-state index in [9.17, 15) is 4.39 Å². The standard InChI is InChI=1S/C11H6ClFN/c12-10-4-3-8(6-11(10)13)9-2-1-5-14-7-9/h1-4,6-7H. The molecule has 14 heavy (non-hydrogen) atoms. The van der Waals surface area contributed by atoms with Gasteiger partial charge in [-0.3, -0.25) is 4.98 Å². The summed E-state index contributed by atoms with van der Waals surface area (Å²) < 4.78 is 13.1. The summed E-state index contributed by atoms with van der Waals surface area (Å²) in [6, 6.07) is 8.17. The van der Waals surface area contributed by atoms with Crippen molar-refractivity contribution in [3.05, 3.63) is 53.6 Å². The highest BCUT2D eigenvalue weighted by atomic mass is 35.5. The lowest BCUT2D eigenvalue weighted by Crippen LogP contribution is -1.82. The maximum atomic E-state index is 13.1. The molecule has 3 heteroatoms. The molecule has 0 saturated carbocycles. The highest BCUT2D eigenvalue weighted by Gasteiger charge is 2.02. The molecule has 0 fully saturated rings. The number of nitrogens with zero attached hydrogens (tertiary/aromatic N) is 1. The normalized spacial score (nSPS) is 10.1. The lowest BCUT2D eigenvalue weighted by molar-refractivity contribution is 0.629. The highest BCUT2D eigenvalue weighted by molar-refractivity contribution is 6.30. The molecule has 0 aliphatic heterocycles. The summed E-state index contributed by atoms with van der Waals surface area (Å²) in [5.74, 6) is -0.419. The van der Waals surface area contributed by atoms with E-state index in [4.69, 9.17) is 11.6 Å². The van der Waals surface area contributed by atoms with Crippen LogP contribution in [0.5, 0.6) is 0 Å². The summed E-state index contributed by atoms with van der Waals surface area (Å²) >= 11 is 5.57. The second kappa shape index (κ2) is 3.76. The third-order valence-electron chi connectivity index (χ3n) is 1.87. The van der Waals surface area contributed by atoms with Crippen molar-refractivity contribution in [2.75, 3.05) is 0 Å². The lowest BCUT2D eigenvalue weighted by atomic mass is 10.1. The van der Waals surface area contributed by atoms with Gasteiger partial charge < -0.3 is 0 Å². The van der Waals surface area contributed by atoms with E-state index in [0.29, 0.717) is 0 Å². The van der Waals surface area contributed by atoms with Crippen LogP contribution in [0.4, 0.5) is 4.39 Å². The minimum absolute atomic E-state index is 0.129. The Morgan fingerprint density at radius 1 is 1.21 bits per heavy atom. The summed E-state index contributed by atoms with van der Waals surface area (Å²) in [4.78, 5) is 3.83. The van der Waals surface area contributed by atoms with Gasteiger partial charge in [0.05, 0.1) is 11.2 Å². The Morgan fingerprint density at radius 3 is 2.71 bits per heavy atom. The van der Waals surface area contributed by atoms with Gasteiger partial charge in [0.2, 0.25) is 0 Å². The molecule has 0 saturated heterocycles. The minimum Gasteiger partial charge on any atom is -0.254 e. The number of benzene rings is 1. The lowest BCUT2D eigenvalue weighted by Gasteiger charge is -2.01. The van der Waals surface area contributed by atoms with Crippen LogP contribution < -0.4 is 0 Å². The van der Waals surface area contributed by atoms with E-state index in [1.54, 1.807) is 18.3 Å². The van der Waals surface area contributed by atoms with Crippen molar-refractivity contribution in [3.8, 4) is 11.1 Å². The van der Waals surface area contributed by atoms with E-state index in [1.165, 1.54) is 12.1 Å². The molecule has 1 heterocycles. The van der Waals surface area contributed by atoms with Crippen molar-refractivity contribution in [3.63, 3.8) is 0 Å². The van der Waals surface area contributed by atoms with Crippen LogP contribution in [0.2, 0.25) is 5.02 Å². The summed E-state index contributed by atoms with van der Waals surface area (Å²) in [5.41, 5.74) is 1.60. The molecule has 0 spiro atoms. The van der Waals surface area contributed by atoms with Crippen LogP contribution in [0.25, 0.3) is 11.1 Å². The van der Waals surface area contributed by atoms with Gasteiger partial charge in [0, 0.05) is 11.8 Å². The first-order valence-electron chi connectivity index (χ1n) is 4.05. The third-order valence-corrected chi connectivity index (χ3v) is 2.18. The number of hydrogen-bond acceptors (Lipinski definition) is 1. The topological polar surface area (TPSA) is 12.9 Å². The highest BCUT2D eigenvalue weighted by Crippen LogP contribution is 2.23. The first-order chi connectivity index (χ1) is 6.77. The van der Waals surface area contributed by atoms with E-state index in [-0.39, 0.29) is 5.02 Å². The van der Waals surface area contributed by atoms with Crippen LogP contribution in [-0.2, 0) is 0 Å². The van der Waals surface area contributed by atoms with E-state index >= 15 is 0 Å². The molecule has 0 aliphatic carbocycles. The van der Waals surface area contributed by atoms with Gasteiger partial charge in [-0.2, -0.15) is 0 Å². The van der Waals surface area contributed by atoms with Crippen molar-refractivity contribution in [1.29, 1.82) is 0 Å². The molecule has 69 valence electrons. The Morgan fingerprint density at radius 2 is 2.07 bits per heavy atom. The first-order valence-corrected chi connectivity index (χ1v) is 4.43. The largest absolute Gasteiger partial charge is 0.254 e. The predicted molar refractivity (Wildman–Crippen MR) is 53.5 cm³/mol. The first kappa shape index (κ1) is 9.16. The van der Waals surface area contributed by atoms with Crippen molar-refractivity contribution < 1.29 is 4.39 Å². The molecular weight excluding hydrogens is 201 g/mol. The molecule has 1 radical (unpaired) electrons. The average molecular weight is 207 g/mol. The number of rotatable bonds is 1. The second-order valence-electron chi connectivity index (χ2n) is 2.80. The van der Waals surface area contributed by atoms with Gasteiger partial charge >= 0.3 is 0 Å². The Bertz CT molecular complexity index is 442. The van der Waals surface area contributed by atoms with Crippen molar-refractivity contribution >= 4 is 11.6 Å². The average Bonchev–Trinajstić information content (AvgIpc) is 2.23. The maximum absolute atomic E-state index is 13.1. The van der Waals surface area contributed by atoms with Crippen LogP contribution >= 0.6 is 11.6 Å². The minimum atomic E-state index is -0.419. The number of hydrogen-bond donors (Lipinski definition) is 0. The molecular formula is C11H6ClFN. The molecule has 0 bridgehead atoms. The van der Waals surface area contributed by atoms with E-state index in [1.807, 2.05) is 6.07 Å². The fourth-order valence-corrected chi connectivity index (χ4v) is 1.28. The summed E-state index contributed by atoms with van der Waals surface area (Å²) in [6.45, 7) is 0. The third kappa shape index (κ3) is 1.75. The van der Waals surface area contributed by atoms with Gasteiger partial charge in [0.25, 0.3) is 0 Å². The molecule has 0 aliphatic rings. The predicted octanol–water partition coefficient (Wildman–Crippen LogP) is 3.34. The zero-order chi connectivity index (χ0) is 9.97. The molecule has 0 amide bonds. The van der Waals surface area contributed by atoms with Gasteiger partial charge in [-0.05, 0) is 23.8 Å². The Balaban J connectivity index is 2.48. The van der Waals surface area contributed by atoms with Crippen LogP contribution in [0.15, 0.2) is 36.5 Å². The van der Waals surface area contributed by atoms with Crippen LogP contribution in [0.1, 0.15) is 0 Å². The molecule has 2 aromatic rings. The van der Waals surface area contributed by atoms with Gasteiger partial charge in [0.15, 0.2) is 0 Å². The van der Waals surface area contributed by atoms with E-state index in [2.05, 4.69) is 11.2 Å². The van der Waals surface area contributed by atoms with Gasteiger partial charge in [-0.1, -0.05) is 23.7 Å². The molecule has 1 aromatic heterocycles. The molecule has 2 rings (SSSR count). The zero-order valence-electron chi connectivity index (χ0n) is 7.17. The fourth-order valence-electron chi connectivity index (χ4n) is 1.17. The summed E-state index contributed by atoms with van der Waals surface area (Å²) in [6.07, 6.45) is 4.29. The number of pyridine rings is 1. The number of halogens is 2. The Hall–Kier alpha value is -1.41. The summed E-state index contributed by atoms with van der Waals surface area (Å²) in [7, 11) is 0. The van der Waals surface area contributed by atoms with Gasteiger partial charge in [0.1, 0.15) is 5.82 Å².